The molecule has 4 nitrogen and oxygen atoms in total. The standard InChI is InChI=1S/C10H20N2O2/c11-10(13)5-1-2-6-12-9-4-3-7-14-8-9/h9,12H,1-8H2,(H2,11,13). The summed E-state index contributed by atoms with van der Waals surface area (Å²) in [6, 6.07) is 0.511. The third kappa shape index (κ3) is 5.19. The second-order valence-corrected chi connectivity index (χ2v) is 3.79. The molecule has 4 heteroatoms. The summed E-state index contributed by atoms with van der Waals surface area (Å²) in [5.74, 6) is -0.203. The Labute approximate surface area is 85.2 Å². The topological polar surface area (TPSA) is 64.4 Å². The molecule has 1 heterocycles. The average molecular weight is 200 g/mol. The molecule has 0 saturated carbocycles. The van der Waals surface area contributed by atoms with E-state index in [1.54, 1.807) is 0 Å². The third-order valence-electron chi connectivity index (χ3n) is 2.44. The van der Waals surface area contributed by atoms with E-state index < -0.39 is 0 Å². The van der Waals surface area contributed by atoms with Crippen LogP contribution in [0.5, 0.6) is 0 Å². The zero-order valence-corrected chi connectivity index (χ0v) is 8.63. The maximum atomic E-state index is 10.4. The van der Waals surface area contributed by atoms with Crippen molar-refractivity contribution in [3.63, 3.8) is 0 Å². The van der Waals surface area contributed by atoms with E-state index in [0.717, 1.165) is 39.0 Å². The zero-order valence-electron chi connectivity index (χ0n) is 8.63. The van der Waals surface area contributed by atoms with Gasteiger partial charge in [0.2, 0.25) is 5.91 Å². The Kier molecular flexibility index (Phi) is 5.56. The van der Waals surface area contributed by atoms with Crippen molar-refractivity contribution >= 4 is 5.91 Å². The summed E-state index contributed by atoms with van der Waals surface area (Å²) < 4.78 is 5.34. The van der Waals surface area contributed by atoms with Crippen molar-refractivity contribution in [1.82, 2.24) is 5.32 Å². The minimum atomic E-state index is -0.203. The number of amides is 1. The van der Waals surface area contributed by atoms with Gasteiger partial charge in [0.05, 0.1) is 6.61 Å². The molecule has 1 rings (SSSR count). The van der Waals surface area contributed by atoms with Crippen molar-refractivity contribution in [2.24, 2.45) is 5.73 Å². The molecule has 1 atom stereocenters. The van der Waals surface area contributed by atoms with Gasteiger partial charge in [0.15, 0.2) is 0 Å². The first-order chi connectivity index (χ1) is 6.79. The van der Waals surface area contributed by atoms with Gasteiger partial charge in [-0.15, -0.1) is 0 Å². The molecule has 14 heavy (non-hydrogen) atoms. The lowest BCUT2D eigenvalue weighted by Gasteiger charge is -2.23. The molecule has 0 aliphatic carbocycles. The lowest BCUT2D eigenvalue weighted by Crippen LogP contribution is -2.37. The van der Waals surface area contributed by atoms with Crippen LogP contribution in [0.2, 0.25) is 0 Å². The average Bonchev–Trinajstić information content (AvgIpc) is 2.18. The Balaban J connectivity index is 1.90. The van der Waals surface area contributed by atoms with Crippen molar-refractivity contribution in [3.8, 4) is 0 Å². The smallest absolute Gasteiger partial charge is 0.217 e. The molecule has 1 aliphatic rings. The normalized spacial score (nSPS) is 22.1. The molecule has 3 N–H and O–H groups in total. The van der Waals surface area contributed by atoms with Gasteiger partial charge in [-0.25, -0.2) is 0 Å². The molecule has 1 aliphatic heterocycles. The van der Waals surface area contributed by atoms with Crippen LogP contribution in [0.3, 0.4) is 0 Å². The van der Waals surface area contributed by atoms with Crippen LogP contribution in [-0.4, -0.2) is 31.7 Å². The number of hydrogen-bond donors (Lipinski definition) is 2. The number of nitrogens with two attached hydrogens (primary N) is 1. The fourth-order valence-corrected chi connectivity index (χ4v) is 1.63. The van der Waals surface area contributed by atoms with Crippen LogP contribution in [0.25, 0.3) is 0 Å². The molecular weight excluding hydrogens is 180 g/mol. The number of hydrogen-bond acceptors (Lipinski definition) is 3. The van der Waals surface area contributed by atoms with Crippen LogP contribution < -0.4 is 11.1 Å². The number of nitrogens with one attached hydrogen (secondary N) is 1. The summed E-state index contributed by atoms with van der Waals surface area (Å²) in [6.45, 7) is 2.69. The second-order valence-electron chi connectivity index (χ2n) is 3.79. The summed E-state index contributed by atoms with van der Waals surface area (Å²) in [6.07, 6.45) is 4.76. The van der Waals surface area contributed by atoms with Crippen LogP contribution in [-0.2, 0) is 9.53 Å². The number of carbonyl (C=O) groups is 1. The van der Waals surface area contributed by atoms with Crippen LogP contribution >= 0.6 is 0 Å². The molecule has 0 bridgehead atoms. The summed E-state index contributed by atoms with van der Waals surface area (Å²) in [7, 11) is 0. The van der Waals surface area contributed by atoms with E-state index >= 15 is 0 Å². The molecule has 1 fully saturated rings. The molecule has 0 aromatic rings. The van der Waals surface area contributed by atoms with Gasteiger partial charge >= 0.3 is 0 Å². The molecule has 1 unspecified atom stereocenters. The highest BCUT2D eigenvalue weighted by atomic mass is 16.5. The van der Waals surface area contributed by atoms with Crippen molar-refractivity contribution in [3.05, 3.63) is 0 Å². The number of unbranched alkanes of at least 4 members (excludes halogenated alkanes) is 1. The van der Waals surface area contributed by atoms with Gasteiger partial charge in [-0.2, -0.15) is 0 Å². The third-order valence-corrected chi connectivity index (χ3v) is 2.44. The Morgan fingerprint density at radius 1 is 1.50 bits per heavy atom. The first kappa shape index (κ1) is 11.5. The Hall–Kier alpha value is -0.610. The van der Waals surface area contributed by atoms with Crippen molar-refractivity contribution in [2.75, 3.05) is 19.8 Å². The van der Waals surface area contributed by atoms with Gasteiger partial charge in [-0.05, 0) is 32.2 Å². The lowest BCUT2D eigenvalue weighted by atomic mass is 10.1. The molecule has 82 valence electrons. The van der Waals surface area contributed by atoms with Gasteiger partial charge < -0.3 is 15.8 Å². The monoisotopic (exact) mass is 200 g/mol. The number of carbonyl (C=O) groups excluding carboxylic acids is 1. The zero-order chi connectivity index (χ0) is 10.2. The molecule has 0 radical (unpaired) electrons. The van der Waals surface area contributed by atoms with E-state index in [1.165, 1.54) is 6.42 Å². The fourth-order valence-electron chi connectivity index (χ4n) is 1.63. The van der Waals surface area contributed by atoms with Crippen LogP contribution in [0.15, 0.2) is 0 Å². The van der Waals surface area contributed by atoms with E-state index in [9.17, 15) is 4.79 Å². The van der Waals surface area contributed by atoms with Crippen LogP contribution in [0.1, 0.15) is 32.1 Å². The summed E-state index contributed by atoms with van der Waals surface area (Å²) in [5, 5.41) is 3.42. The highest BCUT2D eigenvalue weighted by Gasteiger charge is 2.11. The molecule has 0 aromatic carbocycles. The molecule has 0 spiro atoms. The number of ether oxygens (including phenoxy) is 1. The Morgan fingerprint density at radius 3 is 3.00 bits per heavy atom. The van der Waals surface area contributed by atoms with Gasteiger partial charge in [0.1, 0.15) is 0 Å². The number of rotatable bonds is 6. The SMILES string of the molecule is NC(=O)CCCCNC1CCCOC1. The molecular formula is C10H20N2O2. The van der Waals surface area contributed by atoms with E-state index in [2.05, 4.69) is 5.32 Å². The minimum Gasteiger partial charge on any atom is -0.380 e. The summed E-state index contributed by atoms with van der Waals surface area (Å²) >= 11 is 0. The van der Waals surface area contributed by atoms with Gasteiger partial charge in [0, 0.05) is 19.1 Å². The molecule has 0 aromatic heterocycles. The lowest BCUT2D eigenvalue weighted by molar-refractivity contribution is -0.118. The predicted molar refractivity (Wildman–Crippen MR) is 54.9 cm³/mol. The molecule has 1 amide bonds. The van der Waals surface area contributed by atoms with E-state index in [1.807, 2.05) is 0 Å². The molecule has 1 saturated heterocycles. The fraction of sp³-hybridized carbons (Fsp3) is 0.900. The quantitative estimate of drug-likeness (QED) is 0.610. The predicted octanol–water partition coefficient (Wildman–Crippen LogP) is 0.411. The Bertz CT molecular complexity index is 168. The van der Waals surface area contributed by atoms with Crippen LogP contribution in [0.4, 0.5) is 0 Å². The van der Waals surface area contributed by atoms with Gasteiger partial charge in [0.25, 0.3) is 0 Å². The maximum absolute atomic E-state index is 10.4. The van der Waals surface area contributed by atoms with Gasteiger partial charge in [-0.3, -0.25) is 4.79 Å². The van der Waals surface area contributed by atoms with Crippen molar-refractivity contribution < 1.29 is 9.53 Å². The van der Waals surface area contributed by atoms with Crippen molar-refractivity contribution in [1.29, 1.82) is 0 Å². The highest BCUT2D eigenvalue weighted by molar-refractivity contribution is 5.73. The van der Waals surface area contributed by atoms with E-state index in [-0.39, 0.29) is 5.91 Å². The van der Waals surface area contributed by atoms with Crippen LogP contribution in [0, 0.1) is 0 Å². The second kappa shape index (κ2) is 6.79. The van der Waals surface area contributed by atoms with E-state index in [4.69, 9.17) is 10.5 Å². The highest BCUT2D eigenvalue weighted by Crippen LogP contribution is 2.05. The first-order valence-corrected chi connectivity index (χ1v) is 5.38. The maximum Gasteiger partial charge on any atom is 0.217 e. The van der Waals surface area contributed by atoms with E-state index in [0.29, 0.717) is 12.5 Å². The number of primary amides is 1. The van der Waals surface area contributed by atoms with Crippen molar-refractivity contribution in [2.45, 2.75) is 38.1 Å². The Morgan fingerprint density at radius 2 is 2.36 bits per heavy atom. The van der Waals surface area contributed by atoms with Gasteiger partial charge in [-0.1, -0.05) is 0 Å². The first-order valence-electron chi connectivity index (χ1n) is 5.38. The largest absolute Gasteiger partial charge is 0.380 e. The summed E-state index contributed by atoms with van der Waals surface area (Å²) in [5.41, 5.74) is 5.04. The minimum absolute atomic E-state index is 0.203. The summed E-state index contributed by atoms with van der Waals surface area (Å²) in [4.78, 5) is 10.4.